The molecular formula is C14H21NO3. The fourth-order valence-electron chi connectivity index (χ4n) is 1.38. The van der Waals surface area contributed by atoms with Crippen molar-refractivity contribution in [2.75, 3.05) is 13.2 Å². The molecule has 0 spiro atoms. The Morgan fingerprint density at radius 1 is 1.39 bits per heavy atom. The molecule has 0 heterocycles. The number of nitrogens with one attached hydrogen (secondary N) is 1. The van der Waals surface area contributed by atoms with Crippen molar-refractivity contribution in [2.45, 2.75) is 26.9 Å². The largest absolute Gasteiger partial charge is 0.484 e. The van der Waals surface area contributed by atoms with E-state index in [1.54, 1.807) is 25.1 Å². The maximum Gasteiger partial charge on any atom is 0.257 e. The zero-order valence-corrected chi connectivity index (χ0v) is 11.1. The predicted molar refractivity (Wildman–Crippen MR) is 70.4 cm³/mol. The quantitative estimate of drug-likeness (QED) is 0.811. The van der Waals surface area contributed by atoms with Crippen LogP contribution in [0.15, 0.2) is 24.3 Å². The standard InChI is InChI=1S/C14H21NO3/c1-10(2)8-15-14(17)9-18-13-6-4-5-12(7-13)11(3)16/h4-7,10-11,16H,8-9H2,1-3H3,(H,15,17)/t11-/m1/s1. The van der Waals surface area contributed by atoms with Crippen LogP contribution in [0.25, 0.3) is 0 Å². The highest BCUT2D eigenvalue weighted by Crippen LogP contribution is 2.18. The van der Waals surface area contributed by atoms with Gasteiger partial charge in [-0.15, -0.1) is 0 Å². The third-order valence-corrected chi connectivity index (χ3v) is 2.42. The number of ether oxygens (including phenoxy) is 1. The highest BCUT2D eigenvalue weighted by Gasteiger charge is 2.05. The number of aliphatic hydroxyl groups excluding tert-OH is 1. The second-order valence-electron chi connectivity index (χ2n) is 4.74. The van der Waals surface area contributed by atoms with E-state index in [9.17, 15) is 9.90 Å². The molecule has 2 N–H and O–H groups in total. The van der Waals surface area contributed by atoms with Gasteiger partial charge in [-0.3, -0.25) is 4.79 Å². The van der Waals surface area contributed by atoms with Gasteiger partial charge >= 0.3 is 0 Å². The van der Waals surface area contributed by atoms with Crippen LogP contribution in [0.3, 0.4) is 0 Å². The van der Waals surface area contributed by atoms with E-state index in [4.69, 9.17) is 4.74 Å². The Labute approximate surface area is 108 Å². The fourth-order valence-corrected chi connectivity index (χ4v) is 1.38. The summed E-state index contributed by atoms with van der Waals surface area (Å²) in [6.07, 6.45) is -0.539. The third-order valence-electron chi connectivity index (χ3n) is 2.42. The predicted octanol–water partition coefficient (Wildman–Crippen LogP) is 1.89. The Morgan fingerprint density at radius 2 is 2.11 bits per heavy atom. The Balaban J connectivity index is 2.43. The van der Waals surface area contributed by atoms with Crippen molar-refractivity contribution in [1.82, 2.24) is 5.32 Å². The number of amides is 1. The van der Waals surface area contributed by atoms with Gasteiger partial charge in [-0.1, -0.05) is 26.0 Å². The number of hydrogen-bond donors (Lipinski definition) is 2. The minimum Gasteiger partial charge on any atom is -0.484 e. The molecule has 4 nitrogen and oxygen atoms in total. The number of rotatable bonds is 6. The lowest BCUT2D eigenvalue weighted by atomic mass is 10.1. The molecule has 0 fully saturated rings. The number of aliphatic hydroxyl groups is 1. The van der Waals surface area contributed by atoms with Gasteiger partial charge in [0.2, 0.25) is 0 Å². The molecule has 0 aliphatic heterocycles. The molecule has 0 saturated carbocycles. The molecule has 0 aliphatic rings. The van der Waals surface area contributed by atoms with Crippen molar-refractivity contribution in [1.29, 1.82) is 0 Å². The summed E-state index contributed by atoms with van der Waals surface area (Å²) in [6.45, 7) is 6.40. The third kappa shape index (κ3) is 5.19. The minimum absolute atomic E-state index is 0.00399. The molecule has 1 aromatic rings. The second kappa shape index (κ2) is 7.01. The fraction of sp³-hybridized carbons (Fsp3) is 0.500. The number of carbonyl (C=O) groups is 1. The van der Waals surface area contributed by atoms with Crippen molar-refractivity contribution in [3.05, 3.63) is 29.8 Å². The summed E-state index contributed by atoms with van der Waals surface area (Å²) >= 11 is 0. The molecular weight excluding hydrogens is 230 g/mol. The molecule has 1 atom stereocenters. The molecule has 0 aliphatic carbocycles. The summed E-state index contributed by atoms with van der Waals surface area (Å²) in [6, 6.07) is 7.11. The zero-order chi connectivity index (χ0) is 13.5. The second-order valence-corrected chi connectivity index (χ2v) is 4.74. The van der Waals surface area contributed by atoms with E-state index in [0.717, 1.165) is 5.56 Å². The minimum atomic E-state index is -0.539. The summed E-state index contributed by atoms with van der Waals surface area (Å²) in [4.78, 5) is 11.5. The van der Waals surface area contributed by atoms with E-state index in [-0.39, 0.29) is 12.5 Å². The van der Waals surface area contributed by atoms with Gasteiger partial charge in [-0.25, -0.2) is 0 Å². The van der Waals surface area contributed by atoms with Gasteiger partial charge in [0.15, 0.2) is 6.61 Å². The normalized spacial score (nSPS) is 12.3. The molecule has 0 unspecified atom stereocenters. The van der Waals surface area contributed by atoms with Crippen LogP contribution in [0, 0.1) is 5.92 Å². The SMILES string of the molecule is CC(C)CNC(=O)COc1cccc([C@@H](C)O)c1. The summed E-state index contributed by atoms with van der Waals surface area (Å²) in [5, 5.41) is 12.2. The first-order chi connectivity index (χ1) is 8.49. The maximum atomic E-state index is 11.5. The van der Waals surface area contributed by atoms with Crippen molar-refractivity contribution in [3.63, 3.8) is 0 Å². The van der Waals surface area contributed by atoms with Gasteiger partial charge in [-0.2, -0.15) is 0 Å². The van der Waals surface area contributed by atoms with Crippen LogP contribution in [0.5, 0.6) is 5.75 Å². The molecule has 0 radical (unpaired) electrons. The summed E-state index contributed by atoms with van der Waals surface area (Å²) in [7, 11) is 0. The van der Waals surface area contributed by atoms with Gasteiger partial charge in [0.05, 0.1) is 6.10 Å². The van der Waals surface area contributed by atoms with E-state index < -0.39 is 6.10 Å². The average molecular weight is 251 g/mol. The summed E-state index contributed by atoms with van der Waals surface area (Å²) in [5.74, 6) is 0.881. The van der Waals surface area contributed by atoms with Gasteiger partial charge in [-0.05, 0) is 30.5 Å². The van der Waals surface area contributed by atoms with Gasteiger partial charge in [0, 0.05) is 6.54 Å². The first kappa shape index (κ1) is 14.5. The van der Waals surface area contributed by atoms with Crippen molar-refractivity contribution < 1.29 is 14.6 Å². The Morgan fingerprint density at radius 3 is 2.72 bits per heavy atom. The van der Waals surface area contributed by atoms with Crippen LogP contribution in [-0.4, -0.2) is 24.2 Å². The lowest BCUT2D eigenvalue weighted by molar-refractivity contribution is -0.123. The van der Waals surface area contributed by atoms with Crippen molar-refractivity contribution in [2.24, 2.45) is 5.92 Å². The maximum absolute atomic E-state index is 11.5. The summed E-state index contributed by atoms with van der Waals surface area (Å²) < 4.78 is 5.37. The van der Waals surface area contributed by atoms with Crippen LogP contribution < -0.4 is 10.1 Å². The Kier molecular flexibility index (Phi) is 5.65. The molecule has 0 aromatic heterocycles. The molecule has 1 amide bonds. The molecule has 4 heteroatoms. The number of carbonyl (C=O) groups excluding carboxylic acids is 1. The smallest absolute Gasteiger partial charge is 0.257 e. The number of benzene rings is 1. The molecule has 1 rings (SSSR count). The Hall–Kier alpha value is -1.55. The molecule has 18 heavy (non-hydrogen) atoms. The van der Waals surface area contributed by atoms with E-state index in [1.165, 1.54) is 0 Å². The first-order valence-electron chi connectivity index (χ1n) is 6.16. The molecule has 0 bridgehead atoms. The van der Waals surface area contributed by atoms with Crippen molar-refractivity contribution in [3.8, 4) is 5.75 Å². The highest BCUT2D eigenvalue weighted by molar-refractivity contribution is 5.77. The van der Waals surface area contributed by atoms with E-state index in [0.29, 0.717) is 18.2 Å². The summed E-state index contributed by atoms with van der Waals surface area (Å²) in [5.41, 5.74) is 0.773. The Bertz CT molecular complexity index is 388. The molecule has 100 valence electrons. The van der Waals surface area contributed by atoms with Gasteiger partial charge in [0.1, 0.15) is 5.75 Å². The van der Waals surface area contributed by atoms with Crippen LogP contribution in [-0.2, 0) is 4.79 Å². The van der Waals surface area contributed by atoms with E-state index >= 15 is 0 Å². The highest BCUT2D eigenvalue weighted by atomic mass is 16.5. The van der Waals surface area contributed by atoms with Gasteiger partial charge < -0.3 is 15.2 Å². The monoisotopic (exact) mass is 251 g/mol. The van der Waals surface area contributed by atoms with Crippen LogP contribution in [0.1, 0.15) is 32.4 Å². The van der Waals surface area contributed by atoms with Crippen LogP contribution in [0.2, 0.25) is 0 Å². The van der Waals surface area contributed by atoms with Crippen molar-refractivity contribution >= 4 is 5.91 Å². The van der Waals surface area contributed by atoms with Gasteiger partial charge in [0.25, 0.3) is 5.91 Å². The lowest BCUT2D eigenvalue weighted by Gasteiger charge is -2.10. The topological polar surface area (TPSA) is 58.6 Å². The van der Waals surface area contributed by atoms with E-state index in [1.807, 2.05) is 19.9 Å². The van der Waals surface area contributed by atoms with E-state index in [2.05, 4.69) is 5.32 Å². The molecule has 1 aromatic carbocycles. The number of hydrogen-bond acceptors (Lipinski definition) is 3. The first-order valence-corrected chi connectivity index (χ1v) is 6.16. The van der Waals surface area contributed by atoms with Crippen LogP contribution >= 0.6 is 0 Å². The lowest BCUT2D eigenvalue weighted by Crippen LogP contribution is -2.31. The zero-order valence-electron chi connectivity index (χ0n) is 11.1. The average Bonchev–Trinajstić information content (AvgIpc) is 2.34. The van der Waals surface area contributed by atoms with Crippen LogP contribution in [0.4, 0.5) is 0 Å². The molecule has 0 saturated heterocycles.